The fourth-order valence-electron chi connectivity index (χ4n) is 0.625. The number of carbonyl (C=O) groups excluding carboxylic acids is 1. The van der Waals surface area contributed by atoms with Crippen LogP contribution in [0.2, 0.25) is 0 Å². The van der Waals surface area contributed by atoms with Crippen molar-refractivity contribution in [2.75, 3.05) is 18.8 Å². The van der Waals surface area contributed by atoms with Gasteiger partial charge in [-0.3, -0.25) is 4.79 Å². The Morgan fingerprint density at radius 2 is 2.38 bits per heavy atom. The maximum Gasteiger partial charge on any atom is 0.190 e. The molecule has 0 spiro atoms. The molecule has 0 saturated carbocycles. The van der Waals surface area contributed by atoms with Gasteiger partial charge < -0.3 is 5.32 Å². The summed E-state index contributed by atoms with van der Waals surface area (Å²) in [6.07, 6.45) is 0.699. The summed E-state index contributed by atoms with van der Waals surface area (Å²) in [4.78, 5) is 10.6. The molecule has 0 unspecified atom stereocenters. The average Bonchev–Trinajstić information content (AvgIpc) is 1.94. The molecule has 8 heavy (non-hydrogen) atoms. The van der Waals surface area contributed by atoms with E-state index in [0.717, 1.165) is 18.8 Å². The van der Waals surface area contributed by atoms with Crippen molar-refractivity contribution in [3.8, 4) is 0 Å². The Labute approximate surface area is 53.0 Å². The van der Waals surface area contributed by atoms with Gasteiger partial charge in [-0.1, -0.05) is 11.8 Å². The van der Waals surface area contributed by atoms with Gasteiger partial charge >= 0.3 is 0 Å². The largest absolute Gasteiger partial charge is 0.315 e. The van der Waals surface area contributed by atoms with E-state index in [1.165, 1.54) is 11.8 Å². The zero-order valence-corrected chi connectivity index (χ0v) is 5.46. The van der Waals surface area contributed by atoms with E-state index in [-0.39, 0.29) is 0 Å². The predicted molar refractivity (Wildman–Crippen MR) is 35.0 cm³/mol. The molecule has 0 aromatic heterocycles. The molecule has 1 saturated heterocycles. The Bertz CT molecular complexity index is 84.4. The van der Waals surface area contributed by atoms with Crippen LogP contribution in [0.1, 0.15) is 6.42 Å². The van der Waals surface area contributed by atoms with Gasteiger partial charge in [0, 0.05) is 25.3 Å². The Morgan fingerprint density at radius 3 is 3.25 bits per heavy atom. The summed E-state index contributed by atoms with van der Waals surface area (Å²) in [5.41, 5.74) is 0. The minimum atomic E-state index is 0.329. The number of nitrogens with one attached hydrogen (secondary N) is 1. The molecular formula is C5H9NOS. The van der Waals surface area contributed by atoms with E-state index in [4.69, 9.17) is 0 Å². The summed E-state index contributed by atoms with van der Waals surface area (Å²) in [6, 6.07) is 0. The molecule has 0 aromatic carbocycles. The van der Waals surface area contributed by atoms with Crippen LogP contribution in [0.25, 0.3) is 0 Å². The monoisotopic (exact) mass is 131 g/mol. The van der Waals surface area contributed by atoms with Crippen molar-refractivity contribution in [3.05, 3.63) is 0 Å². The first-order chi connectivity index (χ1) is 3.89. The number of hydrogen-bond donors (Lipinski definition) is 1. The Morgan fingerprint density at radius 1 is 1.50 bits per heavy atom. The van der Waals surface area contributed by atoms with E-state index >= 15 is 0 Å². The molecule has 0 aromatic rings. The van der Waals surface area contributed by atoms with Crippen LogP contribution in [0.5, 0.6) is 0 Å². The molecule has 1 N–H and O–H groups in total. The van der Waals surface area contributed by atoms with Crippen LogP contribution in [-0.2, 0) is 4.79 Å². The third kappa shape index (κ3) is 1.84. The number of rotatable bonds is 0. The van der Waals surface area contributed by atoms with Crippen LogP contribution in [0.15, 0.2) is 0 Å². The molecule has 0 atom stereocenters. The molecule has 2 nitrogen and oxygen atoms in total. The second-order valence-electron chi connectivity index (χ2n) is 1.72. The number of thioether (sulfide) groups is 1. The molecule has 1 aliphatic rings. The van der Waals surface area contributed by atoms with Crippen LogP contribution in [0.3, 0.4) is 0 Å². The number of carbonyl (C=O) groups is 1. The highest BCUT2D eigenvalue weighted by molar-refractivity contribution is 8.13. The predicted octanol–water partition coefficient (Wildman–Crippen LogP) is 0.239. The molecule has 0 aliphatic carbocycles. The van der Waals surface area contributed by atoms with Gasteiger partial charge in [0.15, 0.2) is 5.12 Å². The first-order valence-corrected chi connectivity index (χ1v) is 3.74. The summed E-state index contributed by atoms with van der Waals surface area (Å²) in [5.74, 6) is 0.943. The highest BCUT2D eigenvalue weighted by Crippen LogP contribution is 2.05. The summed E-state index contributed by atoms with van der Waals surface area (Å²) in [5, 5.41) is 3.46. The maximum absolute atomic E-state index is 10.6. The van der Waals surface area contributed by atoms with Gasteiger partial charge in [-0.25, -0.2) is 0 Å². The SMILES string of the molecule is O=C1CCNCCS1. The Hall–Kier alpha value is -0.0200. The molecule has 3 heteroatoms. The first kappa shape index (κ1) is 6.11. The summed E-state index contributed by atoms with van der Waals surface area (Å²) in [7, 11) is 0. The van der Waals surface area contributed by atoms with Crippen LogP contribution >= 0.6 is 11.8 Å². The number of hydrogen-bond acceptors (Lipinski definition) is 3. The van der Waals surface area contributed by atoms with Gasteiger partial charge in [0.25, 0.3) is 0 Å². The Balaban J connectivity index is 2.27. The van der Waals surface area contributed by atoms with Gasteiger partial charge in [-0.15, -0.1) is 0 Å². The van der Waals surface area contributed by atoms with Crippen LogP contribution < -0.4 is 5.32 Å². The summed E-state index contributed by atoms with van der Waals surface area (Å²) in [6.45, 7) is 1.85. The fourth-order valence-corrected chi connectivity index (χ4v) is 1.35. The molecular weight excluding hydrogens is 122 g/mol. The molecule has 0 bridgehead atoms. The van der Waals surface area contributed by atoms with Gasteiger partial charge in [-0.2, -0.15) is 0 Å². The van der Waals surface area contributed by atoms with Crippen molar-refractivity contribution < 1.29 is 4.79 Å². The normalized spacial score (nSPS) is 22.8. The molecule has 1 rings (SSSR count). The second kappa shape index (κ2) is 3.10. The lowest BCUT2D eigenvalue weighted by Gasteiger charge is -1.90. The molecule has 0 amide bonds. The zero-order valence-electron chi connectivity index (χ0n) is 4.64. The van der Waals surface area contributed by atoms with Crippen LogP contribution in [0, 0.1) is 0 Å². The van der Waals surface area contributed by atoms with Crippen LogP contribution in [-0.4, -0.2) is 24.0 Å². The molecule has 0 radical (unpaired) electrons. The van der Waals surface area contributed by atoms with Crippen molar-refractivity contribution in [2.24, 2.45) is 0 Å². The van der Waals surface area contributed by atoms with Crippen molar-refractivity contribution in [3.63, 3.8) is 0 Å². The van der Waals surface area contributed by atoms with Crippen molar-refractivity contribution >= 4 is 16.9 Å². The second-order valence-corrected chi connectivity index (χ2v) is 2.87. The Kier molecular flexibility index (Phi) is 2.36. The maximum atomic E-state index is 10.6. The minimum Gasteiger partial charge on any atom is -0.315 e. The van der Waals surface area contributed by atoms with Gasteiger partial charge in [0.2, 0.25) is 0 Å². The zero-order chi connectivity index (χ0) is 5.82. The fraction of sp³-hybridized carbons (Fsp3) is 0.800. The summed E-state index contributed by atoms with van der Waals surface area (Å²) >= 11 is 1.44. The van der Waals surface area contributed by atoms with E-state index in [0.29, 0.717) is 11.5 Å². The van der Waals surface area contributed by atoms with Crippen molar-refractivity contribution in [2.45, 2.75) is 6.42 Å². The van der Waals surface area contributed by atoms with Crippen molar-refractivity contribution in [1.29, 1.82) is 0 Å². The van der Waals surface area contributed by atoms with E-state index < -0.39 is 0 Å². The third-order valence-corrected chi connectivity index (χ3v) is 1.98. The average molecular weight is 131 g/mol. The minimum absolute atomic E-state index is 0.329. The third-order valence-electron chi connectivity index (χ3n) is 1.05. The smallest absolute Gasteiger partial charge is 0.190 e. The van der Waals surface area contributed by atoms with E-state index in [1.807, 2.05) is 0 Å². The lowest BCUT2D eigenvalue weighted by Crippen LogP contribution is -2.15. The van der Waals surface area contributed by atoms with Gasteiger partial charge in [-0.05, 0) is 0 Å². The summed E-state index contributed by atoms with van der Waals surface area (Å²) < 4.78 is 0. The van der Waals surface area contributed by atoms with E-state index in [2.05, 4.69) is 5.32 Å². The lowest BCUT2D eigenvalue weighted by molar-refractivity contribution is -0.110. The van der Waals surface area contributed by atoms with Gasteiger partial charge in [0.1, 0.15) is 0 Å². The van der Waals surface area contributed by atoms with Gasteiger partial charge in [0.05, 0.1) is 0 Å². The van der Waals surface area contributed by atoms with Crippen molar-refractivity contribution in [1.82, 2.24) is 5.32 Å². The quantitative estimate of drug-likeness (QED) is 0.510. The topological polar surface area (TPSA) is 29.1 Å². The molecule has 1 fully saturated rings. The van der Waals surface area contributed by atoms with Crippen LogP contribution in [0.4, 0.5) is 0 Å². The molecule has 1 heterocycles. The highest BCUT2D eigenvalue weighted by atomic mass is 32.2. The molecule has 1 aliphatic heterocycles. The standard InChI is InChI=1S/C5H9NOS/c7-5-1-2-6-3-4-8-5/h6H,1-4H2. The lowest BCUT2D eigenvalue weighted by atomic mass is 10.5. The first-order valence-electron chi connectivity index (χ1n) is 2.76. The molecule has 46 valence electrons. The van der Waals surface area contributed by atoms with E-state index in [9.17, 15) is 4.79 Å². The highest BCUT2D eigenvalue weighted by Gasteiger charge is 2.04. The van der Waals surface area contributed by atoms with E-state index in [1.54, 1.807) is 0 Å².